The van der Waals surface area contributed by atoms with E-state index in [0.29, 0.717) is 6.42 Å². The molecule has 0 aromatic heterocycles. The standard InChI is InChI=1S/C8H14O2/c1-6(5-9)4-7(2)8(3)10/h5-7,10H,3-4H2,1-2H3/p-1/t6-,7+/m1/s1. The Kier molecular flexibility index (Phi) is 3.77. The minimum absolute atomic E-state index is 0.0271. The lowest BCUT2D eigenvalue weighted by molar-refractivity contribution is -0.313. The van der Waals surface area contributed by atoms with Crippen LogP contribution in [0.15, 0.2) is 12.3 Å². The number of carbonyl (C=O) groups is 1. The van der Waals surface area contributed by atoms with Crippen LogP contribution in [-0.2, 0) is 4.79 Å². The van der Waals surface area contributed by atoms with E-state index in [0.717, 1.165) is 6.29 Å². The Hall–Kier alpha value is -0.790. The first-order valence-corrected chi connectivity index (χ1v) is 3.39. The lowest BCUT2D eigenvalue weighted by Gasteiger charge is -2.19. The maximum atomic E-state index is 10.6. The van der Waals surface area contributed by atoms with Gasteiger partial charge in [0.05, 0.1) is 0 Å². The fourth-order valence-corrected chi connectivity index (χ4v) is 0.745. The van der Waals surface area contributed by atoms with E-state index in [1.165, 1.54) is 0 Å². The second-order valence-corrected chi connectivity index (χ2v) is 2.72. The summed E-state index contributed by atoms with van der Waals surface area (Å²) in [4.78, 5) is 10.1. The monoisotopic (exact) mass is 141 g/mol. The predicted molar refractivity (Wildman–Crippen MR) is 38.1 cm³/mol. The summed E-state index contributed by atoms with van der Waals surface area (Å²) in [5.41, 5.74) is 0. The van der Waals surface area contributed by atoms with E-state index in [9.17, 15) is 9.90 Å². The Labute approximate surface area is 61.6 Å². The third-order valence-electron chi connectivity index (χ3n) is 1.51. The Balaban J connectivity index is 3.67. The van der Waals surface area contributed by atoms with Crippen molar-refractivity contribution < 1.29 is 9.90 Å². The highest BCUT2D eigenvalue weighted by Gasteiger charge is 2.04. The minimum atomic E-state index is -0.0892. The zero-order valence-electron chi connectivity index (χ0n) is 6.46. The minimum Gasteiger partial charge on any atom is -0.876 e. The van der Waals surface area contributed by atoms with Gasteiger partial charge in [-0.1, -0.05) is 13.8 Å². The highest BCUT2D eigenvalue weighted by molar-refractivity contribution is 5.52. The van der Waals surface area contributed by atoms with Crippen LogP contribution in [0.2, 0.25) is 0 Å². The molecule has 2 heteroatoms. The molecule has 0 aliphatic carbocycles. The molecule has 0 rings (SSSR count). The van der Waals surface area contributed by atoms with Gasteiger partial charge in [0.25, 0.3) is 0 Å². The van der Waals surface area contributed by atoms with Gasteiger partial charge in [-0.3, -0.25) is 0 Å². The van der Waals surface area contributed by atoms with Gasteiger partial charge in [-0.15, -0.1) is 12.3 Å². The molecule has 0 bridgehead atoms. The molecule has 10 heavy (non-hydrogen) atoms. The van der Waals surface area contributed by atoms with E-state index in [1.807, 2.05) is 0 Å². The Morgan fingerprint density at radius 2 is 2.20 bits per heavy atom. The first kappa shape index (κ1) is 9.21. The lowest BCUT2D eigenvalue weighted by Crippen LogP contribution is -2.14. The van der Waals surface area contributed by atoms with E-state index >= 15 is 0 Å². The van der Waals surface area contributed by atoms with E-state index in [-0.39, 0.29) is 17.6 Å². The topological polar surface area (TPSA) is 40.1 Å². The smallest absolute Gasteiger partial charge is 0.122 e. The third kappa shape index (κ3) is 3.28. The average Bonchev–Trinajstić information content (AvgIpc) is 1.87. The number of rotatable bonds is 4. The first-order valence-electron chi connectivity index (χ1n) is 3.39. The van der Waals surface area contributed by atoms with Gasteiger partial charge < -0.3 is 9.90 Å². The summed E-state index contributed by atoms with van der Waals surface area (Å²) in [7, 11) is 0. The average molecular weight is 141 g/mol. The van der Waals surface area contributed by atoms with Crippen LogP contribution in [0, 0.1) is 11.8 Å². The summed E-state index contributed by atoms with van der Waals surface area (Å²) in [6.45, 7) is 6.86. The van der Waals surface area contributed by atoms with Crippen LogP contribution in [0.4, 0.5) is 0 Å². The Morgan fingerprint density at radius 1 is 1.70 bits per heavy atom. The third-order valence-corrected chi connectivity index (χ3v) is 1.51. The molecule has 0 amide bonds. The fraction of sp³-hybridized carbons (Fsp3) is 0.625. The first-order chi connectivity index (χ1) is 4.57. The molecule has 0 spiro atoms. The van der Waals surface area contributed by atoms with Crippen molar-refractivity contribution in [3.63, 3.8) is 0 Å². The summed E-state index contributed by atoms with van der Waals surface area (Å²) >= 11 is 0. The molecular formula is C8H13O2-. The molecule has 58 valence electrons. The molecule has 0 radical (unpaired) electrons. The molecule has 0 unspecified atom stereocenters. The van der Waals surface area contributed by atoms with E-state index in [2.05, 4.69) is 6.58 Å². The molecule has 0 saturated carbocycles. The summed E-state index contributed by atoms with van der Waals surface area (Å²) in [6.07, 6.45) is 1.48. The van der Waals surface area contributed by atoms with Gasteiger partial charge in [-0.05, 0) is 12.3 Å². The normalized spacial score (nSPS) is 15.8. The highest BCUT2D eigenvalue weighted by atomic mass is 16.3. The van der Waals surface area contributed by atoms with Crippen molar-refractivity contribution in [3.8, 4) is 0 Å². The molecule has 0 saturated heterocycles. The molecule has 0 heterocycles. The van der Waals surface area contributed by atoms with Gasteiger partial charge in [-0.25, -0.2) is 0 Å². The van der Waals surface area contributed by atoms with Crippen molar-refractivity contribution in [3.05, 3.63) is 12.3 Å². The molecule has 0 aromatic rings. The van der Waals surface area contributed by atoms with Crippen LogP contribution in [0.25, 0.3) is 0 Å². The molecule has 0 fully saturated rings. The number of aldehydes is 1. The van der Waals surface area contributed by atoms with E-state index in [4.69, 9.17) is 0 Å². The van der Waals surface area contributed by atoms with Crippen molar-refractivity contribution >= 4 is 6.29 Å². The van der Waals surface area contributed by atoms with Gasteiger partial charge in [0.2, 0.25) is 0 Å². The molecule has 0 aliphatic rings. The van der Waals surface area contributed by atoms with Crippen LogP contribution >= 0.6 is 0 Å². The van der Waals surface area contributed by atoms with Crippen molar-refractivity contribution in [1.29, 1.82) is 0 Å². The van der Waals surface area contributed by atoms with E-state index in [1.54, 1.807) is 13.8 Å². The van der Waals surface area contributed by atoms with Crippen LogP contribution in [0.3, 0.4) is 0 Å². The quantitative estimate of drug-likeness (QED) is 0.427. The summed E-state index contributed by atoms with van der Waals surface area (Å²) in [5.74, 6) is -0.199. The molecule has 2 atom stereocenters. The maximum absolute atomic E-state index is 10.6. The van der Waals surface area contributed by atoms with Gasteiger partial charge >= 0.3 is 0 Å². The van der Waals surface area contributed by atoms with Crippen LogP contribution in [0.5, 0.6) is 0 Å². The van der Waals surface area contributed by atoms with Gasteiger partial charge in [-0.2, -0.15) is 0 Å². The number of hydrogen-bond donors (Lipinski definition) is 0. The fourth-order valence-electron chi connectivity index (χ4n) is 0.745. The van der Waals surface area contributed by atoms with Gasteiger partial charge in [0.1, 0.15) is 6.29 Å². The number of allylic oxidation sites excluding steroid dienone is 1. The van der Waals surface area contributed by atoms with Crippen molar-refractivity contribution in [2.75, 3.05) is 0 Å². The van der Waals surface area contributed by atoms with Crippen molar-refractivity contribution in [2.24, 2.45) is 11.8 Å². The number of hydrogen-bond acceptors (Lipinski definition) is 2. The van der Waals surface area contributed by atoms with Crippen LogP contribution < -0.4 is 5.11 Å². The summed E-state index contributed by atoms with van der Waals surface area (Å²) < 4.78 is 0. The van der Waals surface area contributed by atoms with Crippen LogP contribution in [-0.4, -0.2) is 6.29 Å². The van der Waals surface area contributed by atoms with Crippen molar-refractivity contribution in [1.82, 2.24) is 0 Å². The van der Waals surface area contributed by atoms with Crippen LogP contribution in [0.1, 0.15) is 20.3 Å². The Bertz CT molecular complexity index is 129. The van der Waals surface area contributed by atoms with Crippen molar-refractivity contribution in [2.45, 2.75) is 20.3 Å². The lowest BCUT2D eigenvalue weighted by atomic mass is 9.97. The maximum Gasteiger partial charge on any atom is 0.122 e. The summed E-state index contributed by atoms with van der Waals surface area (Å²) in [5, 5.41) is 10.6. The zero-order chi connectivity index (χ0) is 8.15. The largest absolute Gasteiger partial charge is 0.876 e. The molecule has 0 aliphatic heterocycles. The Morgan fingerprint density at radius 3 is 2.50 bits per heavy atom. The summed E-state index contributed by atoms with van der Waals surface area (Å²) in [6, 6.07) is 0. The van der Waals surface area contributed by atoms with E-state index < -0.39 is 0 Å². The molecule has 2 nitrogen and oxygen atoms in total. The molecule has 0 aromatic carbocycles. The van der Waals surface area contributed by atoms with Gasteiger partial charge in [0.15, 0.2) is 0 Å². The second-order valence-electron chi connectivity index (χ2n) is 2.72. The number of carbonyl (C=O) groups excluding carboxylic acids is 1. The van der Waals surface area contributed by atoms with Gasteiger partial charge in [0, 0.05) is 5.92 Å². The SMILES string of the molecule is C=C([O-])[C@@H](C)C[C@@H](C)C=O. The molecular weight excluding hydrogens is 128 g/mol. The molecule has 0 N–H and O–H groups in total. The predicted octanol–water partition coefficient (Wildman–Crippen LogP) is 0.722. The highest BCUT2D eigenvalue weighted by Crippen LogP contribution is 2.12. The zero-order valence-corrected chi connectivity index (χ0v) is 6.46. The second kappa shape index (κ2) is 4.09.